The van der Waals surface area contributed by atoms with Gasteiger partial charge in [-0.1, -0.05) is 19.8 Å². The second-order valence-electron chi connectivity index (χ2n) is 8.65. The lowest BCUT2D eigenvalue weighted by molar-refractivity contribution is 0.0523. The van der Waals surface area contributed by atoms with Crippen molar-refractivity contribution in [2.24, 2.45) is 4.99 Å². The van der Waals surface area contributed by atoms with Gasteiger partial charge in [0.05, 0.1) is 0 Å². The maximum absolute atomic E-state index is 11.9. The van der Waals surface area contributed by atoms with Crippen molar-refractivity contribution >= 4 is 12.1 Å². The van der Waals surface area contributed by atoms with Gasteiger partial charge in [-0.25, -0.2) is 4.79 Å². The summed E-state index contributed by atoms with van der Waals surface area (Å²) < 4.78 is 5.32. The minimum atomic E-state index is -0.488. The number of carbonyl (C=O) groups is 1. The molecule has 0 radical (unpaired) electrons. The Morgan fingerprint density at radius 1 is 1.14 bits per heavy atom. The van der Waals surface area contributed by atoms with Crippen molar-refractivity contribution in [3.05, 3.63) is 0 Å². The van der Waals surface area contributed by atoms with Gasteiger partial charge in [-0.15, -0.1) is 0 Å². The predicted molar refractivity (Wildman–Crippen MR) is 119 cm³/mol. The molecule has 1 atom stereocenters. The molecule has 0 saturated carbocycles. The molecule has 0 aromatic rings. The topological polar surface area (TPSA) is 78.0 Å². The van der Waals surface area contributed by atoms with Crippen molar-refractivity contribution in [3.63, 3.8) is 0 Å². The lowest BCUT2D eigenvalue weighted by Gasteiger charge is -2.24. The summed E-state index contributed by atoms with van der Waals surface area (Å²) >= 11 is 0. The molecule has 0 aromatic heterocycles. The second kappa shape index (κ2) is 14.5. The average Bonchev–Trinajstić information content (AvgIpc) is 2.60. The average molecular weight is 400 g/mol. The van der Waals surface area contributed by atoms with Crippen LogP contribution in [0.4, 0.5) is 4.79 Å². The minimum Gasteiger partial charge on any atom is -0.444 e. The van der Waals surface area contributed by atoms with Crippen LogP contribution in [0.5, 0.6) is 0 Å². The molecule has 0 rings (SSSR count). The molecular weight excluding hydrogens is 354 g/mol. The Morgan fingerprint density at radius 2 is 1.82 bits per heavy atom. The van der Waals surface area contributed by atoms with Gasteiger partial charge in [0, 0.05) is 32.2 Å². The molecule has 28 heavy (non-hydrogen) atoms. The van der Waals surface area contributed by atoms with Crippen molar-refractivity contribution in [2.75, 3.05) is 33.7 Å². The highest BCUT2D eigenvalue weighted by atomic mass is 16.6. The third kappa shape index (κ3) is 14.5. The summed E-state index contributed by atoms with van der Waals surface area (Å²) in [6.45, 7) is 14.7. The van der Waals surface area contributed by atoms with E-state index in [1.165, 1.54) is 0 Å². The Balaban J connectivity index is 4.36. The Hall–Kier alpha value is -1.50. The van der Waals surface area contributed by atoms with E-state index in [1.807, 2.05) is 20.8 Å². The highest BCUT2D eigenvalue weighted by molar-refractivity contribution is 5.80. The highest BCUT2D eigenvalue weighted by Gasteiger charge is 2.18. The molecule has 3 N–H and O–H groups in total. The van der Waals surface area contributed by atoms with Crippen LogP contribution >= 0.6 is 0 Å². The number of nitrogens with one attached hydrogen (secondary N) is 3. The summed E-state index contributed by atoms with van der Waals surface area (Å²) in [4.78, 5) is 18.6. The summed E-state index contributed by atoms with van der Waals surface area (Å²) in [5.74, 6) is 0.782. The Kier molecular flexibility index (Phi) is 13.7. The van der Waals surface area contributed by atoms with Gasteiger partial charge in [-0.2, -0.15) is 0 Å². The standard InChI is InChI=1S/C21H45N5O2/c1-9-10-13-18(16-24-20(27)28-21(4,5)6)25-19(22-7)23-14-11-12-15-26(8)17(2)3/h17-18H,9-16H2,1-8H3,(H,24,27)(H2,22,23,25). The zero-order valence-electron chi connectivity index (χ0n) is 19.5. The summed E-state index contributed by atoms with van der Waals surface area (Å²) in [6, 6.07) is 0.699. The molecule has 1 unspecified atom stereocenters. The number of amides is 1. The van der Waals surface area contributed by atoms with E-state index in [-0.39, 0.29) is 12.1 Å². The quantitative estimate of drug-likeness (QED) is 0.266. The molecule has 0 saturated heterocycles. The fourth-order valence-corrected chi connectivity index (χ4v) is 2.54. The van der Waals surface area contributed by atoms with Crippen LogP contribution in [0.15, 0.2) is 4.99 Å². The van der Waals surface area contributed by atoms with E-state index in [1.54, 1.807) is 7.05 Å². The lowest BCUT2D eigenvalue weighted by Crippen LogP contribution is -2.49. The first kappa shape index (κ1) is 26.5. The molecule has 0 heterocycles. The molecule has 7 nitrogen and oxygen atoms in total. The molecular formula is C21H45N5O2. The second-order valence-corrected chi connectivity index (χ2v) is 8.65. The van der Waals surface area contributed by atoms with Crippen molar-refractivity contribution in [1.29, 1.82) is 0 Å². The third-order valence-corrected chi connectivity index (χ3v) is 4.47. The fraction of sp³-hybridized carbons (Fsp3) is 0.905. The Bertz CT molecular complexity index is 447. The lowest BCUT2D eigenvalue weighted by atomic mass is 10.1. The number of carbonyl (C=O) groups excluding carboxylic acids is 1. The van der Waals surface area contributed by atoms with Crippen LogP contribution in [0.1, 0.15) is 73.6 Å². The van der Waals surface area contributed by atoms with Gasteiger partial charge < -0.3 is 25.6 Å². The number of nitrogens with zero attached hydrogens (tertiary/aromatic N) is 2. The molecule has 7 heteroatoms. The van der Waals surface area contributed by atoms with E-state index in [0.717, 1.165) is 51.2 Å². The first-order chi connectivity index (χ1) is 13.1. The molecule has 0 aromatic carbocycles. The zero-order valence-corrected chi connectivity index (χ0v) is 19.5. The van der Waals surface area contributed by atoms with Crippen LogP contribution in [0.2, 0.25) is 0 Å². The van der Waals surface area contributed by atoms with Gasteiger partial charge in [0.1, 0.15) is 5.60 Å². The smallest absolute Gasteiger partial charge is 0.407 e. The first-order valence-electron chi connectivity index (χ1n) is 10.7. The Morgan fingerprint density at radius 3 is 2.36 bits per heavy atom. The van der Waals surface area contributed by atoms with Crippen molar-refractivity contribution in [3.8, 4) is 0 Å². The van der Waals surface area contributed by atoms with E-state index in [2.05, 4.69) is 53.7 Å². The first-order valence-corrected chi connectivity index (χ1v) is 10.7. The number of hydrogen-bond acceptors (Lipinski definition) is 4. The van der Waals surface area contributed by atoms with Gasteiger partial charge >= 0.3 is 6.09 Å². The number of aliphatic imine (C=N–C) groups is 1. The maximum Gasteiger partial charge on any atom is 0.407 e. The Labute approximate surface area is 173 Å². The van der Waals surface area contributed by atoms with E-state index >= 15 is 0 Å². The predicted octanol–water partition coefficient (Wildman–Crippen LogP) is 3.36. The number of alkyl carbamates (subject to hydrolysis) is 1. The molecule has 0 bridgehead atoms. The number of hydrogen-bond donors (Lipinski definition) is 3. The molecule has 0 fully saturated rings. The number of unbranched alkanes of at least 4 members (excludes halogenated alkanes) is 2. The van der Waals surface area contributed by atoms with Crippen molar-refractivity contribution in [1.82, 2.24) is 20.9 Å². The molecule has 1 amide bonds. The van der Waals surface area contributed by atoms with E-state index in [4.69, 9.17) is 4.74 Å². The molecule has 0 aliphatic heterocycles. The largest absolute Gasteiger partial charge is 0.444 e. The van der Waals surface area contributed by atoms with Gasteiger partial charge in [-0.3, -0.25) is 4.99 Å². The van der Waals surface area contributed by atoms with Crippen LogP contribution in [0.25, 0.3) is 0 Å². The maximum atomic E-state index is 11.9. The number of guanidine groups is 1. The van der Waals surface area contributed by atoms with E-state index < -0.39 is 5.60 Å². The van der Waals surface area contributed by atoms with Crippen LogP contribution in [0, 0.1) is 0 Å². The number of ether oxygens (including phenoxy) is 1. The zero-order chi connectivity index (χ0) is 21.6. The minimum absolute atomic E-state index is 0.116. The fourth-order valence-electron chi connectivity index (χ4n) is 2.54. The molecule has 0 spiro atoms. The van der Waals surface area contributed by atoms with E-state index in [0.29, 0.717) is 12.6 Å². The van der Waals surface area contributed by atoms with Crippen LogP contribution in [-0.2, 0) is 4.74 Å². The van der Waals surface area contributed by atoms with Crippen LogP contribution < -0.4 is 16.0 Å². The summed E-state index contributed by atoms with van der Waals surface area (Å²) in [5, 5.41) is 9.68. The molecule has 166 valence electrons. The summed E-state index contributed by atoms with van der Waals surface area (Å²) in [6.07, 6.45) is 5.03. The summed E-state index contributed by atoms with van der Waals surface area (Å²) in [5.41, 5.74) is -0.488. The normalized spacial score (nSPS) is 13.6. The van der Waals surface area contributed by atoms with Gasteiger partial charge in [0.15, 0.2) is 5.96 Å². The van der Waals surface area contributed by atoms with E-state index in [9.17, 15) is 4.79 Å². The van der Waals surface area contributed by atoms with Crippen molar-refractivity contribution in [2.45, 2.75) is 91.3 Å². The molecule has 0 aliphatic rings. The highest BCUT2D eigenvalue weighted by Crippen LogP contribution is 2.07. The summed E-state index contributed by atoms with van der Waals surface area (Å²) in [7, 11) is 3.94. The SMILES string of the molecule is CCCCC(CNC(=O)OC(C)(C)C)NC(=NC)NCCCCN(C)C(C)C. The van der Waals surface area contributed by atoms with Crippen molar-refractivity contribution < 1.29 is 9.53 Å². The van der Waals surface area contributed by atoms with Crippen LogP contribution in [-0.4, -0.2) is 68.4 Å². The van der Waals surface area contributed by atoms with Gasteiger partial charge in [-0.05, 0) is 67.5 Å². The third-order valence-electron chi connectivity index (χ3n) is 4.47. The van der Waals surface area contributed by atoms with Gasteiger partial charge in [0.2, 0.25) is 0 Å². The van der Waals surface area contributed by atoms with Gasteiger partial charge in [0.25, 0.3) is 0 Å². The monoisotopic (exact) mass is 399 g/mol. The number of rotatable bonds is 12. The molecule has 0 aliphatic carbocycles. The van der Waals surface area contributed by atoms with Crippen LogP contribution in [0.3, 0.4) is 0 Å².